The first kappa shape index (κ1) is 21.5. The van der Waals surface area contributed by atoms with E-state index in [2.05, 4.69) is 48.1 Å². The van der Waals surface area contributed by atoms with Crippen LogP contribution in [-0.4, -0.2) is 21.0 Å². The van der Waals surface area contributed by atoms with Crippen LogP contribution in [0.4, 0.5) is 5.82 Å². The summed E-state index contributed by atoms with van der Waals surface area (Å²) in [6.07, 6.45) is 3.45. The second-order valence-corrected chi connectivity index (χ2v) is 8.35. The molecule has 0 aliphatic heterocycles. The van der Waals surface area contributed by atoms with Gasteiger partial charge in [-0.2, -0.15) is 0 Å². The number of nitrogen functional groups attached to an aromatic ring is 1. The van der Waals surface area contributed by atoms with Crippen molar-refractivity contribution in [2.24, 2.45) is 0 Å². The molecule has 4 aromatic rings. The fourth-order valence-electron chi connectivity index (χ4n) is 3.92. The van der Waals surface area contributed by atoms with E-state index < -0.39 is 0 Å². The molecule has 0 fully saturated rings. The van der Waals surface area contributed by atoms with Crippen molar-refractivity contribution in [3.05, 3.63) is 75.4 Å². The fraction of sp³-hybridized carbons (Fsp3) is 0.250. The minimum Gasteiger partial charge on any atom is -0.493 e. The number of rotatable bonds is 5. The predicted octanol–water partition coefficient (Wildman–Crippen LogP) is 6.45. The Balaban J connectivity index is 1.97. The molecular weight excluding hydrogens is 431 g/mol. The number of aryl methyl sites for hydroxylation is 1. The molecular formula is C24H24Cl2N4O. The van der Waals surface area contributed by atoms with Crippen molar-refractivity contribution >= 4 is 34.5 Å². The minimum atomic E-state index is -0.161. The summed E-state index contributed by atoms with van der Waals surface area (Å²) in [7, 11) is 0. The average molecular weight is 455 g/mol. The third-order valence-corrected chi connectivity index (χ3v) is 6.21. The second-order valence-electron chi connectivity index (χ2n) is 7.59. The van der Waals surface area contributed by atoms with Crippen molar-refractivity contribution in [2.75, 3.05) is 12.3 Å². The quantitative estimate of drug-likeness (QED) is 0.376. The van der Waals surface area contributed by atoms with Gasteiger partial charge in [-0.15, -0.1) is 0 Å². The van der Waals surface area contributed by atoms with Crippen LogP contribution < -0.4 is 10.5 Å². The number of aromatic nitrogens is 3. The molecule has 5 nitrogen and oxygen atoms in total. The highest BCUT2D eigenvalue weighted by molar-refractivity contribution is 6.33. The minimum absolute atomic E-state index is 0.161. The Morgan fingerprint density at radius 3 is 2.55 bits per heavy atom. The first-order valence-electron chi connectivity index (χ1n) is 10.1. The van der Waals surface area contributed by atoms with Gasteiger partial charge in [0.05, 0.1) is 6.61 Å². The van der Waals surface area contributed by atoms with Gasteiger partial charge in [0.15, 0.2) is 11.0 Å². The summed E-state index contributed by atoms with van der Waals surface area (Å²) >= 11 is 13.1. The van der Waals surface area contributed by atoms with E-state index in [4.69, 9.17) is 33.7 Å². The second kappa shape index (κ2) is 8.40. The van der Waals surface area contributed by atoms with Gasteiger partial charge in [0, 0.05) is 34.5 Å². The van der Waals surface area contributed by atoms with Crippen molar-refractivity contribution in [3.8, 4) is 16.9 Å². The molecule has 160 valence electrons. The van der Waals surface area contributed by atoms with E-state index in [-0.39, 0.29) is 5.92 Å². The van der Waals surface area contributed by atoms with Crippen LogP contribution >= 0.6 is 23.2 Å². The van der Waals surface area contributed by atoms with Gasteiger partial charge in [-0.25, -0.2) is 9.97 Å². The van der Waals surface area contributed by atoms with Crippen LogP contribution in [-0.2, 0) is 0 Å². The van der Waals surface area contributed by atoms with Crippen LogP contribution in [0.2, 0.25) is 10.2 Å². The van der Waals surface area contributed by atoms with Crippen LogP contribution in [0.1, 0.15) is 42.3 Å². The molecule has 1 unspecified atom stereocenters. The van der Waals surface area contributed by atoms with E-state index >= 15 is 0 Å². The van der Waals surface area contributed by atoms with Crippen molar-refractivity contribution in [1.82, 2.24) is 14.4 Å². The highest BCUT2D eigenvalue weighted by Crippen LogP contribution is 2.44. The topological polar surface area (TPSA) is 65.4 Å². The predicted molar refractivity (Wildman–Crippen MR) is 127 cm³/mol. The molecule has 31 heavy (non-hydrogen) atoms. The van der Waals surface area contributed by atoms with Gasteiger partial charge >= 0.3 is 0 Å². The van der Waals surface area contributed by atoms with Crippen LogP contribution in [0.25, 0.3) is 16.6 Å². The lowest BCUT2D eigenvalue weighted by molar-refractivity contribution is 0.336. The SMILES string of the molecule is CCOc1c(C(C)c2nc(Cl)c3c(N)nccn23)cc(Cl)c(C)c1-c1ccc(C)cc1. The molecule has 2 heterocycles. The highest BCUT2D eigenvalue weighted by Gasteiger charge is 2.26. The number of hydrogen-bond acceptors (Lipinski definition) is 4. The molecule has 0 saturated heterocycles. The van der Waals surface area contributed by atoms with Gasteiger partial charge in [0.1, 0.15) is 17.1 Å². The molecule has 0 aliphatic rings. The zero-order chi connectivity index (χ0) is 22.3. The maximum atomic E-state index is 6.71. The van der Waals surface area contributed by atoms with Gasteiger partial charge in [0.25, 0.3) is 0 Å². The molecule has 7 heteroatoms. The number of fused-ring (bicyclic) bond motifs is 1. The third-order valence-electron chi connectivity index (χ3n) is 5.56. The van der Waals surface area contributed by atoms with Crippen molar-refractivity contribution < 1.29 is 4.74 Å². The lowest BCUT2D eigenvalue weighted by Crippen LogP contribution is -2.08. The molecule has 0 radical (unpaired) electrons. The molecule has 0 bridgehead atoms. The summed E-state index contributed by atoms with van der Waals surface area (Å²) in [6, 6.07) is 10.3. The largest absolute Gasteiger partial charge is 0.493 e. The number of nitrogens with zero attached hydrogens (tertiary/aromatic N) is 3. The van der Waals surface area contributed by atoms with Gasteiger partial charge < -0.3 is 10.5 Å². The van der Waals surface area contributed by atoms with Crippen LogP contribution in [0.3, 0.4) is 0 Å². The highest BCUT2D eigenvalue weighted by atomic mass is 35.5. The molecule has 0 aliphatic carbocycles. The average Bonchev–Trinajstić information content (AvgIpc) is 3.09. The number of benzene rings is 2. The van der Waals surface area contributed by atoms with Gasteiger partial charge in [-0.1, -0.05) is 60.0 Å². The first-order chi connectivity index (χ1) is 14.8. The van der Waals surface area contributed by atoms with Crippen LogP contribution in [0, 0.1) is 13.8 Å². The summed E-state index contributed by atoms with van der Waals surface area (Å²) in [6.45, 7) is 8.65. The molecule has 0 amide bonds. The molecule has 2 aromatic carbocycles. The number of hydrogen-bond donors (Lipinski definition) is 1. The Hall–Kier alpha value is -2.76. The summed E-state index contributed by atoms with van der Waals surface area (Å²) in [5.74, 6) is 1.72. The Labute approximate surface area is 191 Å². The van der Waals surface area contributed by atoms with Crippen molar-refractivity contribution in [2.45, 2.75) is 33.6 Å². The molecule has 2 aromatic heterocycles. The zero-order valence-corrected chi connectivity index (χ0v) is 19.4. The summed E-state index contributed by atoms with van der Waals surface area (Å²) < 4.78 is 8.09. The first-order valence-corrected chi connectivity index (χ1v) is 10.9. The summed E-state index contributed by atoms with van der Waals surface area (Å²) in [4.78, 5) is 8.74. The molecule has 1 atom stereocenters. The Morgan fingerprint density at radius 2 is 1.87 bits per heavy atom. The maximum Gasteiger partial charge on any atom is 0.158 e. The molecule has 4 rings (SSSR count). The molecule has 0 saturated carbocycles. The maximum absolute atomic E-state index is 6.71. The number of imidazole rings is 1. The van der Waals surface area contributed by atoms with Crippen LogP contribution in [0.5, 0.6) is 5.75 Å². The van der Waals surface area contributed by atoms with Crippen molar-refractivity contribution in [1.29, 1.82) is 0 Å². The Kier molecular flexibility index (Phi) is 5.82. The number of halogens is 2. The van der Waals surface area contributed by atoms with E-state index in [1.54, 1.807) is 6.20 Å². The van der Waals surface area contributed by atoms with Gasteiger partial charge in [-0.3, -0.25) is 4.40 Å². The summed E-state index contributed by atoms with van der Waals surface area (Å²) in [5.41, 5.74) is 11.8. The molecule has 0 spiro atoms. The normalized spacial score (nSPS) is 12.3. The van der Waals surface area contributed by atoms with E-state index in [1.165, 1.54) is 5.56 Å². The number of nitrogens with two attached hydrogens (primary N) is 1. The van der Waals surface area contributed by atoms with E-state index in [1.807, 2.05) is 30.5 Å². The van der Waals surface area contributed by atoms with Gasteiger partial charge in [0.2, 0.25) is 0 Å². The number of anilines is 1. The summed E-state index contributed by atoms with van der Waals surface area (Å²) in [5, 5.41) is 0.997. The smallest absolute Gasteiger partial charge is 0.158 e. The van der Waals surface area contributed by atoms with E-state index in [0.29, 0.717) is 28.1 Å². The Bertz CT molecular complexity index is 1270. The monoisotopic (exact) mass is 454 g/mol. The molecule has 2 N–H and O–H groups in total. The lowest BCUT2D eigenvalue weighted by Gasteiger charge is -2.22. The number of ether oxygens (including phenoxy) is 1. The third kappa shape index (κ3) is 3.73. The van der Waals surface area contributed by atoms with Gasteiger partial charge in [-0.05, 0) is 38.0 Å². The Morgan fingerprint density at radius 1 is 1.16 bits per heavy atom. The van der Waals surface area contributed by atoms with E-state index in [9.17, 15) is 0 Å². The standard InChI is InChI=1S/C24H24Cl2N4O/c1-5-31-21-17(12-18(25)15(4)19(21)16-8-6-13(2)7-9-16)14(3)24-29-22(26)20-23(27)28-10-11-30(20)24/h6-12,14H,5H2,1-4H3,(H2,27,28). The van der Waals surface area contributed by atoms with Crippen molar-refractivity contribution in [3.63, 3.8) is 0 Å². The fourth-order valence-corrected chi connectivity index (χ4v) is 4.41. The van der Waals surface area contributed by atoms with E-state index in [0.717, 1.165) is 33.8 Å². The zero-order valence-electron chi connectivity index (χ0n) is 17.9. The lowest BCUT2D eigenvalue weighted by atomic mass is 9.90. The van der Waals surface area contributed by atoms with Crippen LogP contribution in [0.15, 0.2) is 42.7 Å².